The van der Waals surface area contributed by atoms with Gasteiger partial charge in [-0.25, -0.2) is 9.78 Å². The third kappa shape index (κ3) is 4.32. The quantitative estimate of drug-likeness (QED) is 0.587. The Kier molecular flexibility index (Phi) is 5.90. The standard InChI is InChI=1S/C24H33N9O/c1-25-22-21(19-13-27-30(4)16-19)28-20(14-26-22)31-9-7-24(8-10-31)17-32(12-11-29(2)3)23(34)33(24)15-18-5-6-18/h13-14,16,18H,5-12,15,17H2,2-4H3. The van der Waals surface area contributed by atoms with Crippen molar-refractivity contribution in [2.24, 2.45) is 13.0 Å². The van der Waals surface area contributed by atoms with Gasteiger partial charge in [0.2, 0.25) is 0 Å². The van der Waals surface area contributed by atoms with Crippen LogP contribution in [0, 0.1) is 12.5 Å². The van der Waals surface area contributed by atoms with Gasteiger partial charge >= 0.3 is 6.03 Å². The van der Waals surface area contributed by atoms with Crippen LogP contribution in [0.3, 0.4) is 0 Å². The van der Waals surface area contributed by atoms with Crippen molar-refractivity contribution < 1.29 is 4.79 Å². The van der Waals surface area contributed by atoms with Crippen molar-refractivity contribution in [1.82, 2.24) is 34.4 Å². The summed E-state index contributed by atoms with van der Waals surface area (Å²) >= 11 is 0. The van der Waals surface area contributed by atoms with E-state index in [1.165, 1.54) is 12.8 Å². The summed E-state index contributed by atoms with van der Waals surface area (Å²) in [5.74, 6) is 1.74. The van der Waals surface area contributed by atoms with Crippen LogP contribution in [0.5, 0.6) is 0 Å². The molecule has 0 bridgehead atoms. The molecule has 0 N–H and O–H groups in total. The third-order valence-corrected chi connectivity index (χ3v) is 7.36. The summed E-state index contributed by atoms with van der Waals surface area (Å²) in [5, 5.41) is 4.22. The number of aryl methyl sites for hydroxylation is 1. The van der Waals surface area contributed by atoms with Crippen molar-refractivity contribution in [2.75, 3.05) is 58.3 Å². The van der Waals surface area contributed by atoms with Crippen molar-refractivity contribution in [1.29, 1.82) is 0 Å². The van der Waals surface area contributed by atoms with E-state index in [2.05, 4.69) is 48.6 Å². The zero-order chi connectivity index (χ0) is 23.9. The number of likely N-dealkylation sites (N-methyl/N-ethyl adjacent to an activating group) is 1. The number of hydrogen-bond donors (Lipinski definition) is 0. The van der Waals surface area contributed by atoms with E-state index in [0.29, 0.717) is 17.4 Å². The normalized spacial score (nSPS) is 20.0. The second-order valence-corrected chi connectivity index (χ2v) is 10.2. The number of carbonyl (C=O) groups is 1. The van der Waals surface area contributed by atoms with Crippen molar-refractivity contribution in [3.05, 3.63) is 30.0 Å². The zero-order valence-corrected chi connectivity index (χ0v) is 20.3. The number of piperidine rings is 1. The molecule has 180 valence electrons. The Labute approximate surface area is 201 Å². The highest BCUT2D eigenvalue weighted by Gasteiger charge is 2.51. The molecule has 3 aliphatic rings. The van der Waals surface area contributed by atoms with E-state index in [4.69, 9.17) is 11.6 Å². The Morgan fingerprint density at radius 2 is 2.00 bits per heavy atom. The van der Waals surface area contributed by atoms with Crippen LogP contribution in [0.4, 0.5) is 16.4 Å². The number of anilines is 1. The SMILES string of the molecule is [C-]#[N+]c1ncc(N2CCC3(CC2)CN(CCN(C)C)C(=O)N3CC2CC2)nc1-c1cnn(C)c1. The van der Waals surface area contributed by atoms with Gasteiger partial charge in [-0.3, -0.25) is 4.68 Å². The maximum Gasteiger partial charge on any atom is 0.320 e. The van der Waals surface area contributed by atoms with Gasteiger partial charge in [0.25, 0.3) is 5.82 Å². The van der Waals surface area contributed by atoms with Crippen LogP contribution in [0.15, 0.2) is 18.6 Å². The van der Waals surface area contributed by atoms with Gasteiger partial charge in [0.15, 0.2) is 12.0 Å². The molecular formula is C24H33N9O. The number of aromatic nitrogens is 4. The lowest BCUT2D eigenvalue weighted by atomic mass is 9.86. The molecule has 10 nitrogen and oxygen atoms in total. The van der Waals surface area contributed by atoms with Crippen LogP contribution in [-0.2, 0) is 7.05 Å². The summed E-state index contributed by atoms with van der Waals surface area (Å²) in [6, 6.07) is 0.210. The highest BCUT2D eigenvalue weighted by molar-refractivity contribution is 5.78. The molecule has 0 unspecified atom stereocenters. The third-order valence-electron chi connectivity index (χ3n) is 7.36. The Morgan fingerprint density at radius 3 is 2.62 bits per heavy atom. The van der Waals surface area contributed by atoms with E-state index in [0.717, 1.165) is 63.5 Å². The van der Waals surface area contributed by atoms with E-state index in [-0.39, 0.29) is 11.6 Å². The van der Waals surface area contributed by atoms with Crippen LogP contribution in [0.25, 0.3) is 16.1 Å². The van der Waals surface area contributed by atoms with E-state index in [1.807, 2.05) is 13.2 Å². The highest BCUT2D eigenvalue weighted by atomic mass is 16.2. The first kappa shape index (κ1) is 22.6. The number of amides is 2. The number of carbonyl (C=O) groups excluding carboxylic acids is 1. The van der Waals surface area contributed by atoms with Crippen LogP contribution in [0.2, 0.25) is 0 Å². The average Bonchev–Trinajstić information content (AvgIpc) is 3.50. The summed E-state index contributed by atoms with van der Waals surface area (Å²) < 4.78 is 1.70. The van der Waals surface area contributed by atoms with Crippen LogP contribution >= 0.6 is 0 Å². The number of nitrogens with zero attached hydrogens (tertiary/aromatic N) is 9. The van der Waals surface area contributed by atoms with Crippen molar-refractivity contribution in [2.45, 2.75) is 31.2 Å². The molecule has 5 rings (SSSR count). The maximum atomic E-state index is 13.3. The molecule has 4 heterocycles. The lowest BCUT2D eigenvalue weighted by Crippen LogP contribution is -2.55. The zero-order valence-electron chi connectivity index (χ0n) is 20.3. The monoisotopic (exact) mass is 463 g/mol. The molecule has 1 spiro atoms. The minimum Gasteiger partial charge on any atom is -0.359 e. The molecule has 10 heteroatoms. The van der Waals surface area contributed by atoms with Gasteiger partial charge in [-0.15, -0.1) is 4.98 Å². The predicted octanol–water partition coefficient (Wildman–Crippen LogP) is 2.48. The largest absolute Gasteiger partial charge is 0.359 e. The molecule has 2 aromatic rings. The summed E-state index contributed by atoms with van der Waals surface area (Å²) in [5.41, 5.74) is 1.27. The predicted molar refractivity (Wildman–Crippen MR) is 130 cm³/mol. The lowest BCUT2D eigenvalue weighted by molar-refractivity contribution is 0.127. The van der Waals surface area contributed by atoms with Gasteiger partial charge in [-0.2, -0.15) is 5.10 Å². The summed E-state index contributed by atoms with van der Waals surface area (Å²) in [7, 11) is 5.95. The molecule has 0 radical (unpaired) electrons. The second kappa shape index (κ2) is 8.87. The van der Waals surface area contributed by atoms with Crippen molar-refractivity contribution >= 4 is 17.7 Å². The van der Waals surface area contributed by atoms with Crippen LogP contribution in [-0.4, -0.2) is 99.4 Å². The topological polar surface area (TPSA) is 78.0 Å². The molecule has 34 heavy (non-hydrogen) atoms. The fraction of sp³-hybridized carbons (Fsp3) is 0.625. The van der Waals surface area contributed by atoms with Crippen LogP contribution < -0.4 is 4.90 Å². The molecule has 2 aliphatic heterocycles. The van der Waals surface area contributed by atoms with Gasteiger partial charge < -0.3 is 24.4 Å². The fourth-order valence-corrected chi connectivity index (χ4v) is 5.13. The van der Waals surface area contributed by atoms with Crippen LogP contribution in [0.1, 0.15) is 25.7 Å². The molecule has 1 aliphatic carbocycles. The van der Waals surface area contributed by atoms with Gasteiger partial charge in [0.1, 0.15) is 5.69 Å². The van der Waals surface area contributed by atoms with Gasteiger partial charge in [0, 0.05) is 58.1 Å². The number of hydrogen-bond acceptors (Lipinski definition) is 6. The fourth-order valence-electron chi connectivity index (χ4n) is 5.13. The Morgan fingerprint density at radius 1 is 1.24 bits per heavy atom. The van der Waals surface area contributed by atoms with E-state index < -0.39 is 0 Å². The summed E-state index contributed by atoms with van der Waals surface area (Å²) in [4.78, 5) is 34.8. The van der Waals surface area contributed by atoms with E-state index in [1.54, 1.807) is 17.1 Å². The lowest BCUT2D eigenvalue weighted by Gasteiger charge is -2.44. The first-order valence-electron chi connectivity index (χ1n) is 12.1. The molecule has 2 amide bonds. The van der Waals surface area contributed by atoms with Gasteiger partial charge in [-0.1, -0.05) is 6.57 Å². The second-order valence-electron chi connectivity index (χ2n) is 10.2. The van der Waals surface area contributed by atoms with Gasteiger partial charge in [0.05, 0.1) is 11.7 Å². The summed E-state index contributed by atoms with van der Waals surface area (Å²) in [6.07, 6.45) is 9.59. The molecule has 2 saturated heterocycles. The van der Waals surface area contributed by atoms with Gasteiger partial charge in [-0.05, 0) is 45.7 Å². The minimum absolute atomic E-state index is 0.0987. The molecular weight excluding hydrogens is 430 g/mol. The minimum atomic E-state index is -0.0987. The number of rotatable bonds is 7. The molecule has 3 fully saturated rings. The molecule has 2 aromatic heterocycles. The molecule has 1 saturated carbocycles. The Hall–Kier alpha value is -3.19. The smallest absolute Gasteiger partial charge is 0.320 e. The molecule has 0 aromatic carbocycles. The Balaban J connectivity index is 1.34. The highest BCUT2D eigenvalue weighted by Crippen LogP contribution is 2.41. The van der Waals surface area contributed by atoms with Crippen molar-refractivity contribution in [3.8, 4) is 11.3 Å². The first-order valence-corrected chi connectivity index (χ1v) is 12.1. The molecule has 0 atom stereocenters. The summed E-state index contributed by atoms with van der Waals surface area (Å²) in [6.45, 7) is 12.5. The first-order chi connectivity index (χ1) is 16.4. The maximum absolute atomic E-state index is 13.3. The van der Waals surface area contributed by atoms with Crippen molar-refractivity contribution in [3.63, 3.8) is 0 Å². The number of urea groups is 1. The average molecular weight is 464 g/mol. The van der Waals surface area contributed by atoms with E-state index in [9.17, 15) is 4.79 Å². The Bertz CT molecular complexity index is 1090. The van der Waals surface area contributed by atoms with E-state index >= 15 is 0 Å².